The normalized spacial score (nSPS) is 10.0. The molecule has 2 aromatic rings. The Morgan fingerprint density at radius 2 is 1.79 bits per heavy atom. The zero-order valence-electron chi connectivity index (χ0n) is 13.7. The van der Waals surface area contributed by atoms with Gasteiger partial charge in [0.1, 0.15) is 5.75 Å². The molecule has 0 spiro atoms. The van der Waals surface area contributed by atoms with E-state index in [0.717, 1.165) is 12.0 Å². The standard InChI is InChI=1S/C19H22N2O3/c1-2-13-24-17-10-6-9-16(14-17)19(23)21-20-18(22)12-11-15-7-4-3-5-8-15/h3-10,14H,2,11-13H2,1H3,(H,20,22)(H,21,23). The minimum atomic E-state index is -0.370. The van der Waals surface area contributed by atoms with E-state index < -0.39 is 0 Å². The van der Waals surface area contributed by atoms with Gasteiger partial charge in [0.25, 0.3) is 5.91 Å². The van der Waals surface area contributed by atoms with E-state index in [0.29, 0.717) is 30.8 Å². The van der Waals surface area contributed by atoms with Gasteiger partial charge in [0.15, 0.2) is 0 Å². The summed E-state index contributed by atoms with van der Waals surface area (Å²) in [6.45, 7) is 2.61. The molecule has 2 N–H and O–H groups in total. The Kier molecular flexibility index (Phi) is 6.83. The van der Waals surface area contributed by atoms with Crippen molar-refractivity contribution in [2.75, 3.05) is 6.61 Å². The summed E-state index contributed by atoms with van der Waals surface area (Å²) in [5.41, 5.74) is 6.38. The van der Waals surface area contributed by atoms with Crippen LogP contribution in [0.2, 0.25) is 0 Å². The molecule has 126 valence electrons. The van der Waals surface area contributed by atoms with Crippen LogP contribution in [0.15, 0.2) is 54.6 Å². The molecule has 0 atom stereocenters. The first-order chi connectivity index (χ1) is 11.7. The summed E-state index contributed by atoms with van der Waals surface area (Å²) in [5, 5.41) is 0. The third kappa shape index (κ3) is 5.76. The van der Waals surface area contributed by atoms with Gasteiger partial charge in [0.2, 0.25) is 5.91 Å². The second-order valence-corrected chi connectivity index (χ2v) is 5.36. The smallest absolute Gasteiger partial charge is 0.269 e. The molecule has 24 heavy (non-hydrogen) atoms. The number of carbonyl (C=O) groups is 2. The molecular formula is C19H22N2O3. The summed E-state index contributed by atoms with van der Waals surface area (Å²) < 4.78 is 5.49. The van der Waals surface area contributed by atoms with Crippen LogP contribution in [0.4, 0.5) is 0 Å². The van der Waals surface area contributed by atoms with Crippen LogP contribution >= 0.6 is 0 Å². The van der Waals surface area contributed by atoms with Crippen molar-refractivity contribution < 1.29 is 14.3 Å². The zero-order valence-corrected chi connectivity index (χ0v) is 13.7. The summed E-state index contributed by atoms with van der Waals surface area (Å²) in [7, 11) is 0. The molecule has 0 heterocycles. The van der Waals surface area contributed by atoms with Gasteiger partial charge < -0.3 is 4.74 Å². The van der Waals surface area contributed by atoms with Gasteiger partial charge in [-0.25, -0.2) is 0 Å². The Hall–Kier alpha value is -2.82. The lowest BCUT2D eigenvalue weighted by atomic mass is 10.1. The molecule has 2 amide bonds. The Morgan fingerprint density at radius 3 is 2.54 bits per heavy atom. The van der Waals surface area contributed by atoms with Crippen LogP contribution in [0, 0.1) is 0 Å². The van der Waals surface area contributed by atoms with Gasteiger partial charge >= 0.3 is 0 Å². The minimum Gasteiger partial charge on any atom is -0.494 e. The van der Waals surface area contributed by atoms with Crippen LogP contribution < -0.4 is 15.6 Å². The summed E-state index contributed by atoms with van der Waals surface area (Å²) in [6, 6.07) is 16.6. The molecule has 0 fully saturated rings. The van der Waals surface area contributed by atoms with Crippen LogP contribution in [-0.2, 0) is 11.2 Å². The first kappa shape index (κ1) is 17.5. The highest BCUT2D eigenvalue weighted by molar-refractivity contribution is 5.95. The Balaban J connectivity index is 1.78. The van der Waals surface area contributed by atoms with Gasteiger partial charge in [0.05, 0.1) is 6.61 Å². The third-order valence-corrected chi connectivity index (χ3v) is 3.37. The molecule has 0 aliphatic heterocycles. The fourth-order valence-electron chi connectivity index (χ4n) is 2.11. The molecule has 0 bridgehead atoms. The van der Waals surface area contributed by atoms with Crippen molar-refractivity contribution in [3.05, 3.63) is 65.7 Å². The monoisotopic (exact) mass is 326 g/mol. The number of benzene rings is 2. The van der Waals surface area contributed by atoms with Crippen molar-refractivity contribution in [1.82, 2.24) is 10.9 Å². The van der Waals surface area contributed by atoms with Crippen LogP contribution in [0.1, 0.15) is 35.7 Å². The fourth-order valence-corrected chi connectivity index (χ4v) is 2.11. The highest BCUT2D eigenvalue weighted by Crippen LogP contribution is 2.13. The molecule has 5 heteroatoms. The lowest BCUT2D eigenvalue weighted by molar-refractivity contribution is -0.121. The largest absolute Gasteiger partial charge is 0.494 e. The third-order valence-electron chi connectivity index (χ3n) is 3.37. The molecule has 0 aliphatic rings. The van der Waals surface area contributed by atoms with Crippen molar-refractivity contribution in [2.24, 2.45) is 0 Å². The summed E-state index contributed by atoms with van der Waals surface area (Å²) >= 11 is 0. The van der Waals surface area contributed by atoms with E-state index >= 15 is 0 Å². The van der Waals surface area contributed by atoms with E-state index in [1.165, 1.54) is 0 Å². The molecule has 0 aromatic heterocycles. The maximum absolute atomic E-state index is 12.1. The topological polar surface area (TPSA) is 67.4 Å². The van der Waals surface area contributed by atoms with E-state index in [9.17, 15) is 9.59 Å². The number of hydrogen-bond acceptors (Lipinski definition) is 3. The SMILES string of the molecule is CCCOc1cccc(C(=O)NNC(=O)CCc2ccccc2)c1. The minimum absolute atomic E-state index is 0.231. The molecule has 0 unspecified atom stereocenters. The van der Waals surface area contributed by atoms with Crippen molar-refractivity contribution in [1.29, 1.82) is 0 Å². The average molecular weight is 326 g/mol. The Bertz CT molecular complexity index is 671. The van der Waals surface area contributed by atoms with Gasteiger partial charge in [-0.15, -0.1) is 0 Å². The number of ether oxygens (including phenoxy) is 1. The summed E-state index contributed by atoms with van der Waals surface area (Å²) in [4.78, 5) is 23.9. The molecular weight excluding hydrogens is 304 g/mol. The summed E-state index contributed by atoms with van der Waals surface area (Å²) in [5.74, 6) is 0.0375. The number of aryl methyl sites for hydroxylation is 1. The van der Waals surface area contributed by atoms with E-state index in [1.54, 1.807) is 24.3 Å². The fraction of sp³-hybridized carbons (Fsp3) is 0.263. The second kappa shape index (κ2) is 9.35. The average Bonchev–Trinajstić information content (AvgIpc) is 2.63. The van der Waals surface area contributed by atoms with Crippen LogP contribution in [-0.4, -0.2) is 18.4 Å². The van der Waals surface area contributed by atoms with Crippen LogP contribution in [0.3, 0.4) is 0 Å². The highest BCUT2D eigenvalue weighted by Gasteiger charge is 2.08. The number of amides is 2. The Labute approximate surface area is 142 Å². The van der Waals surface area contributed by atoms with E-state index in [4.69, 9.17) is 4.74 Å². The van der Waals surface area contributed by atoms with Gasteiger partial charge in [-0.05, 0) is 36.6 Å². The molecule has 5 nitrogen and oxygen atoms in total. The molecule has 2 aromatic carbocycles. The van der Waals surface area contributed by atoms with Crippen molar-refractivity contribution >= 4 is 11.8 Å². The van der Waals surface area contributed by atoms with Crippen molar-refractivity contribution in [3.8, 4) is 5.75 Å². The molecule has 2 rings (SSSR count). The lowest BCUT2D eigenvalue weighted by Crippen LogP contribution is -2.41. The number of carbonyl (C=O) groups excluding carboxylic acids is 2. The maximum atomic E-state index is 12.1. The number of nitrogens with one attached hydrogen (secondary N) is 2. The Morgan fingerprint density at radius 1 is 1.00 bits per heavy atom. The van der Waals surface area contributed by atoms with Crippen molar-refractivity contribution in [3.63, 3.8) is 0 Å². The molecule has 0 radical (unpaired) electrons. The number of hydrogen-bond donors (Lipinski definition) is 2. The second-order valence-electron chi connectivity index (χ2n) is 5.36. The highest BCUT2D eigenvalue weighted by atomic mass is 16.5. The zero-order chi connectivity index (χ0) is 17.2. The van der Waals surface area contributed by atoms with Crippen LogP contribution in [0.5, 0.6) is 5.75 Å². The van der Waals surface area contributed by atoms with Gasteiger partial charge in [-0.1, -0.05) is 43.3 Å². The number of rotatable bonds is 7. The maximum Gasteiger partial charge on any atom is 0.269 e. The molecule has 0 saturated heterocycles. The van der Waals surface area contributed by atoms with Gasteiger partial charge in [0, 0.05) is 12.0 Å². The predicted octanol–water partition coefficient (Wildman–Crippen LogP) is 2.87. The predicted molar refractivity (Wildman–Crippen MR) is 92.6 cm³/mol. The first-order valence-electron chi connectivity index (χ1n) is 8.05. The number of hydrazine groups is 1. The first-order valence-corrected chi connectivity index (χ1v) is 8.05. The molecule has 0 saturated carbocycles. The summed E-state index contributed by atoms with van der Waals surface area (Å²) in [6.07, 6.45) is 1.83. The van der Waals surface area contributed by atoms with Crippen molar-refractivity contribution in [2.45, 2.75) is 26.2 Å². The molecule has 0 aliphatic carbocycles. The van der Waals surface area contributed by atoms with Crippen LogP contribution in [0.25, 0.3) is 0 Å². The van der Waals surface area contributed by atoms with E-state index in [2.05, 4.69) is 10.9 Å². The van der Waals surface area contributed by atoms with Gasteiger partial charge in [-0.3, -0.25) is 20.4 Å². The van der Waals surface area contributed by atoms with E-state index in [1.807, 2.05) is 37.3 Å². The lowest BCUT2D eigenvalue weighted by Gasteiger charge is -2.09. The quantitative estimate of drug-likeness (QED) is 0.769. The van der Waals surface area contributed by atoms with E-state index in [-0.39, 0.29) is 11.8 Å². The van der Waals surface area contributed by atoms with Gasteiger partial charge in [-0.2, -0.15) is 0 Å².